The molecule has 9 aromatic rings. The van der Waals surface area contributed by atoms with Gasteiger partial charge in [0.2, 0.25) is 11.9 Å². The van der Waals surface area contributed by atoms with Crippen LogP contribution in [0.25, 0.3) is 44.7 Å². The number of unbranched alkanes of at least 4 members (excludes halogenated alkanes) is 1. The van der Waals surface area contributed by atoms with E-state index in [9.17, 15) is 54.8 Å². The van der Waals surface area contributed by atoms with E-state index in [4.69, 9.17) is 51.7 Å². The van der Waals surface area contributed by atoms with Gasteiger partial charge in [-0.2, -0.15) is 19.9 Å². The van der Waals surface area contributed by atoms with Crippen molar-refractivity contribution in [1.82, 2.24) is 78.1 Å². The number of aromatic nitrogens is 16. The van der Waals surface area contributed by atoms with Gasteiger partial charge in [0.25, 0.3) is 0 Å². The molecule has 1 aromatic carbocycles. The summed E-state index contributed by atoms with van der Waals surface area (Å²) >= 11 is 1.50. The molecule has 0 bridgehead atoms. The van der Waals surface area contributed by atoms with Crippen LogP contribution in [0.5, 0.6) is 0 Å². The van der Waals surface area contributed by atoms with E-state index in [1.807, 2.05) is 39.5 Å². The molecular weight excluding hydrogens is 1700 g/mol. The molecule has 9 rings (SSSR count). The van der Waals surface area contributed by atoms with Crippen molar-refractivity contribution >= 4 is 180 Å². The summed E-state index contributed by atoms with van der Waals surface area (Å²) in [5, 5.41) is 7.05. The van der Waals surface area contributed by atoms with E-state index in [1.165, 1.54) is 96.2 Å². The molecule has 0 amide bonds. The van der Waals surface area contributed by atoms with Crippen LogP contribution in [0.15, 0.2) is 139 Å². The fourth-order valence-corrected chi connectivity index (χ4v) is 26.4. The second-order valence-electron chi connectivity index (χ2n) is 22.2. The lowest BCUT2D eigenvalue weighted by Gasteiger charge is -2.05. The molecule has 0 aliphatic heterocycles. The van der Waals surface area contributed by atoms with Crippen LogP contribution in [0.4, 0.5) is 29.4 Å². The lowest BCUT2D eigenvalue weighted by molar-refractivity contribution is 0.394. The summed E-state index contributed by atoms with van der Waals surface area (Å²) in [4.78, 5) is 51.6. The number of rotatable bonds is 41. The number of allylic oxidation sites excluding steroid dienone is 8. The van der Waals surface area contributed by atoms with Gasteiger partial charge < -0.3 is 46.1 Å². The Balaban J connectivity index is 0.000000231. The Labute approximate surface area is 648 Å². The summed E-state index contributed by atoms with van der Waals surface area (Å²) in [5.41, 5.74) is 21.7. The number of imidazole rings is 4. The van der Waals surface area contributed by atoms with Crippen LogP contribution in [0.3, 0.4) is 0 Å². The molecule has 8 unspecified atom stereocenters. The number of hydrogen-bond donors (Lipinski definition) is 5. The Morgan fingerprint density at radius 1 is 0.432 bits per heavy atom. The highest BCUT2D eigenvalue weighted by atomic mass is 32.2. The predicted molar refractivity (Wildman–Crippen MR) is 431 cm³/mol. The summed E-state index contributed by atoms with van der Waals surface area (Å²) < 4.78 is 186. The molecule has 592 valence electrons. The number of fused-ring (bicyclic) bond motifs is 4. The Morgan fingerprint density at radius 2 is 0.784 bits per heavy atom. The monoisotopic (exact) mass is 1780 g/mol. The van der Waals surface area contributed by atoms with Gasteiger partial charge in [-0.25, -0.2) is 39.9 Å². The minimum absolute atomic E-state index is 0.0283. The molecule has 8 atom stereocenters. The molecule has 0 saturated heterocycles. The van der Waals surface area contributed by atoms with E-state index in [-0.39, 0.29) is 42.4 Å². The van der Waals surface area contributed by atoms with Crippen molar-refractivity contribution in [2.45, 2.75) is 55.9 Å². The van der Waals surface area contributed by atoms with Crippen molar-refractivity contribution in [3.05, 3.63) is 130 Å². The largest absolute Gasteiger partial charge is 0.513 e. The quantitative estimate of drug-likeness (QED) is 0.0103. The standard InChI is InChI=1S/C17H19N4O5P3S.C15H24N5O5P3.C14H21N6O5P3.C11H17N6O5P3/c1-27(22)25-29(24,26-28(2)23)11-7-6-10-21-13-20-15-16(21)18-12-19-17(15)30-14-8-4-3-5-9-14;1-4-5-8-16-14-13-15(18-11-17-14)20(12-19-13)9-6-7-10-28(23,24-26(2)21)25-27(3)22;1-4-7-16-12-11-13(19-14(15)18-12)20(10-17-11)8-5-6-9-28(23,24-26(2)21)25-27(3)22;1-23(18)21-25(20,22-24(2)19)6-4-3-5-17-7-14-8-9(12)15-11(13)16-10(8)17/h3-9,12-13H,10-11H2,1-2H3;6-7,11-12H,4-5,8-10H2,1-3H3,(H,16,17,18);4-6,10H,1,7-9H2,2-3H3,(H3,15,16,18,19);3-4,7H,5-6H2,1-2H3,(H4,12,13,15,16)/q4*+2/b2*7-6+;6-5+;4-3+. The highest BCUT2D eigenvalue weighted by Crippen LogP contribution is 2.62. The van der Waals surface area contributed by atoms with E-state index in [0.29, 0.717) is 89.0 Å². The Bertz CT molecular complexity index is 5110. The molecule has 54 heteroatoms. The Hall–Kier alpha value is -7.13. The number of nitrogens with two attached hydrogens (primary N) is 3. The van der Waals surface area contributed by atoms with E-state index in [1.54, 1.807) is 70.6 Å². The zero-order valence-corrected chi connectivity index (χ0v) is 72.6. The van der Waals surface area contributed by atoms with Gasteiger partial charge >= 0.3 is 94.6 Å². The zero-order chi connectivity index (χ0) is 81.5. The molecule has 0 saturated carbocycles. The van der Waals surface area contributed by atoms with Crippen molar-refractivity contribution < 1.29 is 89.3 Å². The van der Waals surface area contributed by atoms with Crippen LogP contribution in [-0.4, -0.2) is 169 Å². The molecule has 0 fully saturated rings. The summed E-state index contributed by atoms with van der Waals surface area (Å²) in [6.45, 7) is 18.6. The van der Waals surface area contributed by atoms with Gasteiger partial charge in [-0.1, -0.05) is 132 Å². The number of hydrogen-bond acceptors (Lipinski definition) is 38. The molecule has 0 aliphatic carbocycles. The minimum atomic E-state index is -3.76. The second kappa shape index (κ2) is 45.7. The Kier molecular flexibility index (Phi) is 38.2. The first-order valence-corrected chi connectivity index (χ1v) is 53.0. The van der Waals surface area contributed by atoms with Crippen LogP contribution >= 0.6 is 106 Å². The van der Waals surface area contributed by atoms with E-state index < -0.39 is 94.6 Å². The van der Waals surface area contributed by atoms with Crippen molar-refractivity contribution in [3.8, 4) is 0 Å². The summed E-state index contributed by atoms with van der Waals surface area (Å²) in [6, 6.07) is 9.86. The summed E-state index contributed by atoms with van der Waals surface area (Å²) in [5.74, 6) is 1.48. The van der Waals surface area contributed by atoms with Crippen molar-refractivity contribution in [3.63, 3.8) is 0 Å². The second-order valence-corrected chi connectivity index (χ2v) is 41.8. The van der Waals surface area contributed by atoms with E-state index in [0.717, 1.165) is 29.3 Å². The SMILES string of the molecule is C=CCNc1nc(N)nc2c1ncn2C/C=C/CP(=O)(O[P+](C)=O)O[P+](C)=O.CCCCNc1ncnc2c1ncn2C/C=C/CP(=O)(O[P+](C)=O)O[P+](C)=O.C[P+](=O)OP(=O)(C/C=C/Cn1cnc2c(N)nc(N)nc21)O[P+](C)=O.C[P+](=O)OP(=O)(C/C=C/Cn1cnc2c(Sc3ccccc3)ncnc21)O[P+](C)=O. The van der Waals surface area contributed by atoms with Gasteiger partial charge in [-0.05, 0) is 55.1 Å². The normalized spacial score (nSPS) is 15.0. The predicted octanol–water partition coefficient (Wildman–Crippen LogP) is 16.1. The van der Waals surface area contributed by atoms with Gasteiger partial charge in [-0.3, -0.25) is 18.3 Å². The van der Waals surface area contributed by atoms with Crippen molar-refractivity contribution in [2.75, 3.05) is 119 Å². The maximum Gasteiger partial charge on any atom is 0.513 e. The fraction of sp³-hybridized carbons (Fsp3) is 0.368. The molecule has 111 heavy (non-hydrogen) atoms. The minimum Gasteiger partial charge on any atom is -0.382 e. The third-order valence-corrected chi connectivity index (χ3v) is 32.0. The number of benzene rings is 1. The number of nitrogen functional groups attached to an aromatic ring is 3. The first-order chi connectivity index (χ1) is 52.6. The number of anilines is 5. The highest BCUT2D eigenvalue weighted by molar-refractivity contribution is 7.99. The topological polar surface area (TPSA) is 555 Å². The molecule has 8 N–H and O–H groups in total. The highest BCUT2D eigenvalue weighted by Gasteiger charge is 2.43. The first-order valence-electron chi connectivity index (χ1n) is 32.3. The summed E-state index contributed by atoms with van der Waals surface area (Å²) in [7, 11) is -32.3. The fourth-order valence-electron chi connectivity index (χ4n) is 8.99. The lowest BCUT2D eigenvalue weighted by Crippen LogP contribution is -2.06. The molecular formula is C57H81N21O20P12S+8. The number of nitrogens with zero attached hydrogens (tertiary/aromatic N) is 16. The van der Waals surface area contributed by atoms with E-state index in [2.05, 4.69) is 83.9 Å². The van der Waals surface area contributed by atoms with Crippen molar-refractivity contribution in [1.29, 1.82) is 0 Å². The maximum absolute atomic E-state index is 12.5. The van der Waals surface area contributed by atoms with Crippen LogP contribution < -0.4 is 27.8 Å². The third kappa shape index (κ3) is 31.6. The van der Waals surface area contributed by atoms with Gasteiger partial charge in [0, 0.05) is 44.2 Å². The van der Waals surface area contributed by atoms with Gasteiger partial charge in [0.05, 0.1) is 50.0 Å². The zero-order valence-electron chi connectivity index (χ0n) is 61.1. The van der Waals surface area contributed by atoms with E-state index >= 15 is 0 Å². The molecule has 8 aromatic heterocycles. The van der Waals surface area contributed by atoms with Gasteiger partial charge in [0.15, 0.2) is 98.9 Å². The van der Waals surface area contributed by atoms with Crippen LogP contribution in [0.2, 0.25) is 0 Å². The van der Waals surface area contributed by atoms with Gasteiger partial charge in [0.1, 0.15) is 34.2 Å². The smallest absolute Gasteiger partial charge is 0.382 e. The average molecular weight is 1780 g/mol. The van der Waals surface area contributed by atoms with Crippen LogP contribution in [0, 0.1) is 0 Å². The average Bonchev–Trinajstić information content (AvgIpc) is 1.69. The lowest BCUT2D eigenvalue weighted by atomic mass is 10.3. The molecule has 41 nitrogen and oxygen atoms in total. The molecule has 0 aliphatic rings. The molecule has 8 heterocycles. The molecule has 0 radical (unpaired) electrons. The van der Waals surface area contributed by atoms with Gasteiger partial charge in [-0.15, -0.1) is 6.58 Å². The molecule has 0 spiro atoms. The van der Waals surface area contributed by atoms with Crippen LogP contribution in [0.1, 0.15) is 19.8 Å². The number of nitrogens with one attached hydrogen (secondary N) is 2. The summed E-state index contributed by atoms with van der Waals surface area (Å²) in [6.07, 6.45) is 25.5. The third-order valence-electron chi connectivity index (χ3n) is 13.1. The maximum atomic E-state index is 12.5. The Morgan fingerprint density at radius 3 is 1.18 bits per heavy atom. The van der Waals surface area contributed by atoms with Crippen LogP contribution in [-0.2, 0) is 115 Å². The first kappa shape index (κ1) is 92.7. The van der Waals surface area contributed by atoms with Crippen molar-refractivity contribution in [2.24, 2.45) is 0 Å².